The molecule has 1 N–H and O–H groups in total. The number of carboxylic acid groups (broad SMARTS) is 1. The largest absolute Gasteiger partial charge is 0.481 e. The first kappa shape index (κ1) is 13.9. The molecule has 2 aromatic rings. The van der Waals surface area contributed by atoms with Gasteiger partial charge in [0.25, 0.3) is 0 Å². The molecular weight excluding hydrogens is 286 g/mol. The second-order valence-corrected chi connectivity index (χ2v) is 6.00. The van der Waals surface area contributed by atoms with E-state index in [-0.39, 0.29) is 5.75 Å². The van der Waals surface area contributed by atoms with Gasteiger partial charge in [0.15, 0.2) is 11.0 Å². The Morgan fingerprint density at radius 1 is 1.53 bits per heavy atom. The van der Waals surface area contributed by atoms with Crippen molar-refractivity contribution in [2.45, 2.75) is 25.5 Å². The smallest absolute Gasteiger partial charge is 0.313 e. The van der Waals surface area contributed by atoms with E-state index in [9.17, 15) is 4.79 Å². The molecule has 0 atom stereocenters. The Morgan fingerprint density at radius 2 is 2.32 bits per heavy atom. The van der Waals surface area contributed by atoms with Crippen LogP contribution in [-0.2, 0) is 11.3 Å². The lowest BCUT2D eigenvalue weighted by molar-refractivity contribution is -0.133. The molecule has 0 aromatic carbocycles. The summed E-state index contributed by atoms with van der Waals surface area (Å²) in [5.74, 6) is 0.193. The number of hydrogen-bond donors (Lipinski definition) is 1. The van der Waals surface area contributed by atoms with Gasteiger partial charge >= 0.3 is 5.97 Å². The van der Waals surface area contributed by atoms with Crippen LogP contribution in [0.15, 0.2) is 11.4 Å². The zero-order valence-electron chi connectivity index (χ0n) is 10.5. The Balaban J connectivity index is 2.30. The molecule has 2 heterocycles. The van der Waals surface area contributed by atoms with E-state index in [0.717, 1.165) is 11.4 Å². The third kappa shape index (κ3) is 3.51. The van der Waals surface area contributed by atoms with Crippen molar-refractivity contribution >= 4 is 29.3 Å². The van der Waals surface area contributed by atoms with Gasteiger partial charge in [0.1, 0.15) is 4.88 Å². The first-order valence-corrected chi connectivity index (χ1v) is 7.39. The van der Waals surface area contributed by atoms with Gasteiger partial charge in [-0.1, -0.05) is 30.1 Å². The molecule has 0 spiro atoms. The molecular formula is C10H13N5O2S2. The van der Waals surface area contributed by atoms with Gasteiger partial charge < -0.3 is 9.67 Å². The highest BCUT2D eigenvalue weighted by molar-refractivity contribution is 7.99. The van der Waals surface area contributed by atoms with Gasteiger partial charge in [0, 0.05) is 6.54 Å². The van der Waals surface area contributed by atoms with Crippen LogP contribution >= 0.6 is 23.3 Å². The van der Waals surface area contributed by atoms with Crippen molar-refractivity contribution in [2.75, 3.05) is 5.75 Å². The fourth-order valence-electron chi connectivity index (χ4n) is 1.50. The maximum atomic E-state index is 10.6. The van der Waals surface area contributed by atoms with E-state index >= 15 is 0 Å². The Morgan fingerprint density at radius 3 is 2.89 bits per heavy atom. The molecule has 7 nitrogen and oxygen atoms in total. The molecule has 0 unspecified atom stereocenters. The van der Waals surface area contributed by atoms with Crippen LogP contribution in [0.5, 0.6) is 0 Å². The summed E-state index contributed by atoms with van der Waals surface area (Å²) in [6, 6.07) is 0. The summed E-state index contributed by atoms with van der Waals surface area (Å²) in [6.07, 6.45) is 1.64. The van der Waals surface area contributed by atoms with E-state index in [1.165, 1.54) is 23.3 Å². The molecule has 19 heavy (non-hydrogen) atoms. The predicted molar refractivity (Wildman–Crippen MR) is 72.1 cm³/mol. The summed E-state index contributed by atoms with van der Waals surface area (Å²) in [5, 5.41) is 21.3. The molecule has 0 bridgehead atoms. The third-order valence-electron chi connectivity index (χ3n) is 2.17. The van der Waals surface area contributed by atoms with Crippen molar-refractivity contribution in [3.8, 4) is 10.7 Å². The van der Waals surface area contributed by atoms with Gasteiger partial charge in [-0.2, -0.15) is 0 Å². The molecule has 2 rings (SSSR count). The Kier molecular flexibility index (Phi) is 4.48. The van der Waals surface area contributed by atoms with Crippen LogP contribution in [0.3, 0.4) is 0 Å². The van der Waals surface area contributed by atoms with Gasteiger partial charge in [-0.05, 0) is 17.5 Å². The SMILES string of the molecule is CC(C)Cn1c(SCC(=O)O)nnc1-c1cnns1. The first-order valence-electron chi connectivity index (χ1n) is 5.63. The van der Waals surface area contributed by atoms with Gasteiger partial charge in [-0.15, -0.1) is 15.3 Å². The number of nitrogens with zero attached hydrogens (tertiary/aromatic N) is 5. The second kappa shape index (κ2) is 6.11. The maximum absolute atomic E-state index is 10.6. The van der Waals surface area contributed by atoms with Crippen LogP contribution in [0.25, 0.3) is 10.7 Å². The molecule has 0 saturated heterocycles. The lowest BCUT2D eigenvalue weighted by atomic mass is 10.2. The summed E-state index contributed by atoms with van der Waals surface area (Å²) >= 11 is 2.41. The Hall–Kier alpha value is -1.48. The highest BCUT2D eigenvalue weighted by Crippen LogP contribution is 2.26. The number of rotatable bonds is 6. The van der Waals surface area contributed by atoms with Crippen LogP contribution in [-0.4, -0.2) is 41.2 Å². The topological polar surface area (TPSA) is 93.8 Å². The van der Waals surface area contributed by atoms with E-state index in [1.807, 2.05) is 4.57 Å². The molecule has 2 aromatic heterocycles. The summed E-state index contributed by atoms with van der Waals surface area (Å²) in [4.78, 5) is 11.5. The van der Waals surface area contributed by atoms with Crippen molar-refractivity contribution in [3.05, 3.63) is 6.20 Å². The first-order chi connectivity index (χ1) is 9.08. The zero-order valence-corrected chi connectivity index (χ0v) is 12.1. The summed E-state index contributed by atoms with van der Waals surface area (Å²) in [6.45, 7) is 4.89. The standard InChI is InChI=1S/C10H13N5O2S2/c1-6(2)4-15-9(7-3-11-14-19-7)12-13-10(15)18-5-8(16)17/h3,6H,4-5H2,1-2H3,(H,16,17). The number of thioether (sulfide) groups is 1. The number of aliphatic carboxylic acids is 1. The maximum Gasteiger partial charge on any atom is 0.313 e. The van der Waals surface area contributed by atoms with Crippen molar-refractivity contribution < 1.29 is 9.90 Å². The molecule has 0 amide bonds. The van der Waals surface area contributed by atoms with Crippen LogP contribution in [0, 0.1) is 5.92 Å². The number of aromatic nitrogens is 5. The highest BCUT2D eigenvalue weighted by atomic mass is 32.2. The summed E-state index contributed by atoms with van der Waals surface area (Å²) < 4.78 is 5.74. The van der Waals surface area contributed by atoms with E-state index < -0.39 is 5.97 Å². The van der Waals surface area contributed by atoms with Crippen LogP contribution in [0.2, 0.25) is 0 Å². The monoisotopic (exact) mass is 299 g/mol. The van der Waals surface area contributed by atoms with Gasteiger partial charge in [-0.3, -0.25) is 4.79 Å². The van der Waals surface area contributed by atoms with Crippen LogP contribution < -0.4 is 0 Å². The third-order valence-corrected chi connectivity index (χ3v) is 3.78. The summed E-state index contributed by atoms with van der Waals surface area (Å²) in [7, 11) is 0. The van der Waals surface area contributed by atoms with Crippen molar-refractivity contribution in [2.24, 2.45) is 5.92 Å². The van der Waals surface area contributed by atoms with E-state index in [1.54, 1.807) is 6.20 Å². The lowest BCUT2D eigenvalue weighted by Gasteiger charge is -2.10. The molecule has 0 radical (unpaired) electrons. The molecule has 0 aliphatic heterocycles. The highest BCUT2D eigenvalue weighted by Gasteiger charge is 2.17. The van der Waals surface area contributed by atoms with Gasteiger partial charge in [-0.25, -0.2) is 0 Å². The molecule has 0 aliphatic rings. The summed E-state index contributed by atoms with van der Waals surface area (Å²) in [5.41, 5.74) is 0. The van der Waals surface area contributed by atoms with Crippen molar-refractivity contribution in [1.29, 1.82) is 0 Å². The van der Waals surface area contributed by atoms with Crippen molar-refractivity contribution in [1.82, 2.24) is 24.4 Å². The molecule has 0 saturated carbocycles. The van der Waals surface area contributed by atoms with E-state index in [4.69, 9.17) is 5.11 Å². The molecule has 102 valence electrons. The average molecular weight is 299 g/mol. The minimum absolute atomic E-state index is 0.0306. The zero-order chi connectivity index (χ0) is 13.8. The Bertz CT molecular complexity index is 552. The van der Waals surface area contributed by atoms with Gasteiger partial charge in [0.05, 0.1) is 11.9 Å². The fourth-order valence-corrected chi connectivity index (χ4v) is 2.68. The van der Waals surface area contributed by atoms with Gasteiger partial charge in [0.2, 0.25) is 0 Å². The average Bonchev–Trinajstić information content (AvgIpc) is 2.94. The second-order valence-electron chi connectivity index (χ2n) is 4.27. The van der Waals surface area contributed by atoms with E-state index in [2.05, 4.69) is 33.6 Å². The molecule has 0 fully saturated rings. The van der Waals surface area contributed by atoms with Crippen molar-refractivity contribution in [3.63, 3.8) is 0 Å². The number of carbonyl (C=O) groups is 1. The van der Waals surface area contributed by atoms with Crippen LogP contribution in [0.4, 0.5) is 0 Å². The van der Waals surface area contributed by atoms with E-state index in [0.29, 0.717) is 16.9 Å². The Labute approximate surface area is 118 Å². The predicted octanol–water partition coefficient (Wildman–Crippen LogP) is 1.63. The quantitative estimate of drug-likeness (QED) is 0.810. The normalized spacial score (nSPS) is 11.1. The molecule has 9 heteroatoms. The van der Waals surface area contributed by atoms with Crippen LogP contribution in [0.1, 0.15) is 13.8 Å². The number of carboxylic acids is 1. The minimum atomic E-state index is -0.870. The number of hydrogen-bond acceptors (Lipinski definition) is 7. The minimum Gasteiger partial charge on any atom is -0.481 e. The molecule has 0 aliphatic carbocycles. The lowest BCUT2D eigenvalue weighted by Crippen LogP contribution is -2.08. The fraction of sp³-hybridized carbons (Fsp3) is 0.500.